The van der Waals surface area contributed by atoms with Gasteiger partial charge in [0.2, 0.25) is 0 Å². The van der Waals surface area contributed by atoms with E-state index in [0.29, 0.717) is 17.9 Å². The Morgan fingerprint density at radius 1 is 1.44 bits per heavy atom. The van der Waals surface area contributed by atoms with Crippen LogP contribution in [0.2, 0.25) is 0 Å². The third kappa shape index (κ3) is 2.92. The molecule has 0 aliphatic heterocycles. The second-order valence-corrected chi connectivity index (χ2v) is 4.20. The molecule has 3 nitrogen and oxygen atoms in total. The van der Waals surface area contributed by atoms with Gasteiger partial charge in [-0.3, -0.25) is 4.98 Å². The highest BCUT2D eigenvalue weighted by Gasteiger charge is 2.25. The summed E-state index contributed by atoms with van der Waals surface area (Å²) in [4.78, 5) is 3.95. The van der Waals surface area contributed by atoms with E-state index in [2.05, 4.69) is 4.98 Å². The van der Waals surface area contributed by atoms with Crippen molar-refractivity contribution in [1.82, 2.24) is 4.98 Å². The van der Waals surface area contributed by atoms with Crippen molar-refractivity contribution < 1.29 is 9.13 Å². The zero-order valence-corrected chi connectivity index (χ0v) is 9.98. The first kappa shape index (κ1) is 12.9. The number of ether oxygens (including phenoxy) is 1. The second-order valence-electron chi connectivity index (χ2n) is 4.20. The van der Waals surface area contributed by atoms with E-state index < -0.39 is 6.17 Å². The summed E-state index contributed by atoms with van der Waals surface area (Å²) < 4.78 is 19.2. The van der Waals surface area contributed by atoms with Gasteiger partial charge in [-0.05, 0) is 18.5 Å². The molecule has 0 aliphatic rings. The van der Waals surface area contributed by atoms with Crippen molar-refractivity contribution in [2.45, 2.75) is 20.0 Å². The molecule has 0 radical (unpaired) electrons. The van der Waals surface area contributed by atoms with Crippen LogP contribution in [0.25, 0.3) is 0 Å². The van der Waals surface area contributed by atoms with Gasteiger partial charge in [0, 0.05) is 17.7 Å². The summed E-state index contributed by atoms with van der Waals surface area (Å²) in [6, 6.07) is 1.67. The number of nitrogens with two attached hydrogens (primary N) is 1. The molecule has 0 bridgehead atoms. The Morgan fingerprint density at radius 2 is 2.12 bits per heavy atom. The summed E-state index contributed by atoms with van der Waals surface area (Å²) in [5, 5.41) is 0. The van der Waals surface area contributed by atoms with Crippen molar-refractivity contribution >= 4 is 0 Å². The molecular weight excluding hydrogens is 207 g/mol. The Kier molecular flexibility index (Phi) is 4.68. The molecule has 0 spiro atoms. The molecule has 0 saturated heterocycles. The van der Waals surface area contributed by atoms with Crippen LogP contribution in [0, 0.1) is 11.8 Å². The van der Waals surface area contributed by atoms with E-state index in [4.69, 9.17) is 10.5 Å². The first-order valence-electron chi connectivity index (χ1n) is 5.43. The maximum atomic E-state index is 14.2. The fraction of sp³-hybridized carbons (Fsp3) is 0.583. The third-order valence-electron chi connectivity index (χ3n) is 2.79. The van der Waals surface area contributed by atoms with E-state index in [9.17, 15) is 4.39 Å². The van der Waals surface area contributed by atoms with Crippen molar-refractivity contribution in [3.8, 4) is 5.75 Å². The molecule has 0 amide bonds. The fourth-order valence-corrected chi connectivity index (χ4v) is 1.67. The topological polar surface area (TPSA) is 48.1 Å². The van der Waals surface area contributed by atoms with Gasteiger partial charge in [0.1, 0.15) is 11.9 Å². The fourth-order valence-electron chi connectivity index (χ4n) is 1.67. The average Bonchev–Trinajstić information content (AvgIpc) is 2.29. The molecule has 2 N–H and O–H groups in total. The normalized spacial score (nSPS) is 14.9. The molecule has 4 heteroatoms. The monoisotopic (exact) mass is 226 g/mol. The molecule has 0 fully saturated rings. The smallest absolute Gasteiger partial charge is 0.137 e. The van der Waals surface area contributed by atoms with Crippen molar-refractivity contribution in [2.24, 2.45) is 17.6 Å². The summed E-state index contributed by atoms with van der Waals surface area (Å²) in [6.45, 7) is 4.27. The maximum absolute atomic E-state index is 14.2. The Morgan fingerprint density at radius 3 is 2.62 bits per heavy atom. The molecule has 16 heavy (non-hydrogen) atoms. The molecular formula is C12H19FN2O. The van der Waals surface area contributed by atoms with Gasteiger partial charge in [-0.15, -0.1) is 0 Å². The lowest BCUT2D eigenvalue weighted by atomic mass is 9.88. The molecule has 1 heterocycles. The number of hydrogen-bond donors (Lipinski definition) is 1. The lowest BCUT2D eigenvalue weighted by molar-refractivity contribution is 0.188. The van der Waals surface area contributed by atoms with E-state index >= 15 is 0 Å². The first-order valence-corrected chi connectivity index (χ1v) is 5.43. The number of halogens is 1. The summed E-state index contributed by atoms with van der Waals surface area (Å²) in [5.41, 5.74) is 6.12. The van der Waals surface area contributed by atoms with Gasteiger partial charge in [-0.2, -0.15) is 0 Å². The van der Waals surface area contributed by atoms with Crippen LogP contribution in [0.1, 0.15) is 25.6 Å². The summed E-state index contributed by atoms with van der Waals surface area (Å²) in [5.74, 6) is 0.583. The summed E-state index contributed by atoms with van der Waals surface area (Å²) >= 11 is 0. The molecule has 1 aromatic heterocycles. The molecule has 1 aromatic rings. The number of rotatable bonds is 5. The van der Waals surface area contributed by atoms with Crippen LogP contribution < -0.4 is 10.5 Å². The van der Waals surface area contributed by atoms with Gasteiger partial charge in [-0.1, -0.05) is 13.8 Å². The predicted octanol–water partition coefficient (Wildman–Crippen LogP) is 2.33. The van der Waals surface area contributed by atoms with Crippen LogP contribution in [-0.2, 0) is 0 Å². The minimum Gasteiger partial charge on any atom is -0.495 e. The highest BCUT2D eigenvalue weighted by Crippen LogP contribution is 2.31. The van der Waals surface area contributed by atoms with Crippen LogP contribution in [0.5, 0.6) is 5.75 Å². The van der Waals surface area contributed by atoms with Crippen LogP contribution in [0.15, 0.2) is 18.5 Å². The van der Waals surface area contributed by atoms with Crippen LogP contribution in [-0.4, -0.2) is 18.6 Å². The van der Waals surface area contributed by atoms with Crippen molar-refractivity contribution in [3.05, 3.63) is 24.0 Å². The minimum atomic E-state index is -1.09. The Labute approximate surface area is 95.8 Å². The lowest BCUT2D eigenvalue weighted by Crippen LogP contribution is -2.24. The van der Waals surface area contributed by atoms with Gasteiger partial charge in [-0.25, -0.2) is 4.39 Å². The zero-order chi connectivity index (χ0) is 12.1. The zero-order valence-electron chi connectivity index (χ0n) is 9.98. The summed E-state index contributed by atoms with van der Waals surface area (Å²) in [7, 11) is 1.54. The standard InChI is InChI=1S/C12H19FN2O/c1-8(2)11(5-14)12(13)9-4-10(16-3)7-15-6-9/h4,6-8,11-12H,5,14H2,1-3H3. The number of pyridine rings is 1. The molecule has 0 aromatic carbocycles. The van der Waals surface area contributed by atoms with Crippen molar-refractivity contribution in [3.63, 3.8) is 0 Å². The van der Waals surface area contributed by atoms with Crippen molar-refractivity contribution in [2.75, 3.05) is 13.7 Å². The number of methoxy groups -OCH3 is 1. The van der Waals surface area contributed by atoms with E-state index in [1.807, 2.05) is 13.8 Å². The van der Waals surface area contributed by atoms with Gasteiger partial charge in [0.25, 0.3) is 0 Å². The Hall–Kier alpha value is -1.16. The van der Waals surface area contributed by atoms with E-state index in [1.54, 1.807) is 12.3 Å². The van der Waals surface area contributed by atoms with Crippen LogP contribution >= 0.6 is 0 Å². The molecule has 1 rings (SSSR count). The van der Waals surface area contributed by atoms with E-state index in [1.165, 1.54) is 13.3 Å². The van der Waals surface area contributed by atoms with Gasteiger partial charge < -0.3 is 10.5 Å². The Balaban J connectivity index is 2.89. The number of aromatic nitrogens is 1. The van der Waals surface area contributed by atoms with Gasteiger partial charge in [0.05, 0.1) is 13.3 Å². The first-order chi connectivity index (χ1) is 7.60. The molecule has 0 aliphatic carbocycles. The maximum Gasteiger partial charge on any atom is 0.137 e. The van der Waals surface area contributed by atoms with Gasteiger partial charge in [0.15, 0.2) is 0 Å². The minimum absolute atomic E-state index is 0.186. The molecule has 90 valence electrons. The highest BCUT2D eigenvalue weighted by molar-refractivity contribution is 5.25. The SMILES string of the molecule is COc1cncc(C(F)C(CN)C(C)C)c1. The molecule has 2 unspecified atom stereocenters. The van der Waals surface area contributed by atoms with E-state index in [0.717, 1.165) is 0 Å². The number of alkyl halides is 1. The van der Waals surface area contributed by atoms with Crippen LogP contribution in [0.4, 0.5) is 4.39 Å². The molecule has 0 saturated carbocycles. The van der Waals surface area contributed by atoms with Crippen LogP contribution in [0.3, 0.4) is 0 Å². The van der Waals surface area contributed by atoms with Gasteiger partial charge >= 0.3 is 0 Å². The third-order valence-corrected chi connectivity index (χ3v) is 2.79. The van der Waals surface area contributed by atoms with E-state index in [-0.39, 0.29) is 11.8 Å². The molecule has 2 atom stereocenters. The number of nitrogens with zero attached hydrogens (tertiary/aromatic N) is 1. The lowest BCUT2D eigenvalue weighted by Gasteiger charge is -2.23. The summed E-state index contributed by atoms with van der Waals surface area (Å²) in [6.07, 6.45) is 1.99. The largest absolute Gasteiger partial charge is 0.495 e. The predicted molar refractivity (Wildman–Crippen MR) is 62.0 cm³/mol. The Bertz CT molecular complexity index is 331. The average molecular weight is 226 g/mol. The second kappa shape index (κ2) is 5.80. The number of hydrogen-bond acceptors (Lipinski definition) is 3. The highest BCUT2D eigenvalue weighted by atomic mass is 19.1. The van der Waals surface area contributed by atoms with Crippen molar-refractivity contribution in [1.29, 1.82) is 0 Å². The quantitative estimate of drug-likeness (QED) is 0.838.